The Bertz CT molecular complexity index is 287. The first-order valence-electron chi connectivity index (χ1n) is 5.72. The van der Waals surface area contributed by atoms with Crippen molar-refractivity contribution in [3.63, 3.8) is 0 Å². The van der Waals surface area contributed by atoms with Gasteiger partial charge in [-0.3, -0.25) is 4.90 Å². The predicted octanol–water partition coefficient (Wildman–Crippen LogP) is 3.07. The van der Waals surface area contributed by atoms with Crippen molar-refractivity contribution in [3.05, 3.63) is 12.2 Å². The number of likely N-dealkylation sites (tertiary alicyclic amines) is 1. The summed E-state index contributed by atoms with van der Waals surface area (Å²) in [6.45, 7) is 9.60. The average molecular weight is 215 g/mol. The molecule has 0 amide bonds. The molecule has 2 rings (SSSR count). The van der Waals surface area contributed by atoms with Crippen LogP contribution in [0.2, 0.25) is 0 Å². The highest BCUT2D eigenvalue weighted by Gasteiger charge is 2.75. The monoisotopic (exact) mass is 215 g/mol. The van der Waals surface area contributed by atoms with Gasteiger partial charge in [-0.15, -0.1) is 0 Å². The summed E-state index contributed by atoms with van der Waals surface area (Å²) < 4.78 is 27.1. The third-order valence-electron chi connectivity index (χ3n) is 3.97. The van der Waals surface area contributed by atoms with Gasteiger partial charge in [-0.1, -0.05) is 19.1 Å². The van der Waals surface area contributed by atoms with E-state index in [1.54, 1.807) is 0 Å². The van der Waals surface area contributed by atoms with E-state index in [0.29, 0.717) is 6.42 Å². The van der Waals surface area contributed by atoms with E-state index in [2.05, 4.69) is 11.5 Å². The lowest BCUT2D eigenvalue weighted by Gasteiger charge is -2.42. The molecule has 1 aliphatic carbocycles. The second kappa shape index (κ2) is 3.27. The Balaban J connectivity index is 2.27. The maximum atomic E-state index is 13.5. The van der Waals surface area contributed by atoms with Gasteiger partial charge in [-0.2, -0.15) is 0 Å². The van der Waals surface area contributed by atoms with Gasteiger partial charge in [0.1, 0.15) is 0 Å². The fraction of sp³-hybridized carbons (Fsp3) is 0.833. The van der Waals surface area contributed by atoms with Gasteiger partial charge < -0.3 is 0 Å². The summed E-state index contributed by atoms with van der Waals surface area (Å²) in [6, 6.07) is -0.105. The summed E-state index contributed by atoms with van der Waals surface area (Å²) in [5.41, 5.74) is 0.126. The number of alkyl halides is 2. The Labute approximate surface area is 90.1 Å². The SMILES string of the molecule is C=C(C)C1N(CC)CCCC12CC2(F)F. The highest BCUT2D eigenvalue weighted by Crippen LogP contribution is 2.68. The lowest BCUT2D eigenvalue weighted by molar-refractivity contribution is -0.000242. The van der Waals surface area contributed by atoms with Crippen LogP contribution in [0.4, 0.5) is 8.78 Å². The minimum Gasteiger partial charge on any atom is -0.296 e. The summed E-state index contributed by atoms with van der Waals surface area (Å²) in [4.78, 5) is 2.16. The molecule has 1 nitrogen and oxygen atoms in total. The molecule has 1 aliphatic heterocycles. The van der Waals surface area contributed by atoms with Crippen LogP contribution in [0.1, 0.15) is 33.1 Å². The average Bonchev–Trinajstić information content (AvgIpc) is 2.66. The predicted molar refractivity (Wildman–Crippen MR) is 57.1 cm³/mol. The van der Waals surface area contributed by atoms with Gasteiger partial charge in [0.25, 0.3) is 5.92 Å². The maximum Gasteiger partial charge on any atom is 0.256 e. The maximum absolute atomic E-state index is 13.5. The van der Waals surface area contributed by atoms with Crippen LogP contribution in [-0.2, 0) is 0 Å². The van der Waals surface area contributed by atoms with Crippen molar-refractivity contribution < 1.29 is 8.78 Å². The molecule has 2 atom stereocenters. The molecular formula is C12H19F2N. The Kier molecular flexibility index (Phi) is 2.41. The Morgan fingerprint density at radius 3 is 2.53 bits per heavy atom. The fourth-order valence-corrected chi connectivity index (χ4v) is 3.26. The molecule has 86 valence electrons. The van der Waals surface area contributed by atoms with Gasteiger partial charge in [-0.05, 0) is 32.9 Å². The van der Waals surface area contributed by atoms with E-state index < -0.39 is 11.3 Å². The normalized spacial score (nSPS) is 39.3. The smallest absolute Gasteiger partial charge is 0.256 e. The standard InChI is InChI=1S/C12H19F2N/c1-4-15-7-5-6-11(8-12(11,13)14)10(15)9(2)3/h10H,2,4-8H2,1,3H3. The topological polar surface area (TPSA) is 3.24 Å². The van der Waals surface area contributed by atoms with Gasteiger partial charge in [0.05, 0.1) is 5.41 Å². The quantitative estimate of drug-likeness (QED) is 0.640. The molecular weight excluding hydrogens is 196 g/mol. The molecule has 1 saturated carbocycles. The molecule has 1 spiro atoms. The highest BCUT2D eigenvalue weighted by molar-refractivity contribution is 5.25. The molecule has 15 heavy (non-hydrogen) atoms. The van der Waals surface area contributed by atoms with E-state index in [9.17, 15) is 8.78 Å². The zero-order chi connectivity index (χ0) is 11.3. The Morgan fingerprint density at radius 1 is 1.53 bits per heavy atom. The highest BCUT2D eigenvalue weighted by atomic mass is 19.3. The van der Waals surface area contributed by atoms with Crippen molar-refractivity contribution in [2.45, 2.75) is 45.1 Å². The molecule has 2 fully saturated rings. The van der Waals surface area contributed by atoms with Crippen LogP contribution in [0, 0.1) is 5.41 Å². The van der Waals surface area contributed by atoms with E-state index in [1.807, 2.05) is 13.8 Å². The van der Waals surface area contributed by atoms with Crippen LogP contribution in [0.5, 0.6) is 0 Å². The molecule has 1 saturated heterocycles. The first-order chi connectivity index (χ1) is 6.94. The number of rotatable bonds is 2. The van der Waals surface area contributed by atoms with E-state index in [0.717, 1.165) is 25.1 Å². The van der Waals surface area contributed by atoms with E-state index in [1.165, 1.54) is 0 Å². The van der Waals surface area contributed by atoms with Crippen LogP contribution in [0.25, 0.3) is 0 Å². The van der Waals surface area contributed by atoms with Crippen molar-refractivity contribution in [2.75, 3.05) is 13.1 Å². The fourth-order valence-electron chi connectivity index (χ4n) is 3.26. The Hall–Kier alpha value is -0.440. The van der Waals surface area contributed by atoms with Gasteiger partial charge in [-0.25, -0.2) is 8.78 Å². The molecule has 0 radical (unpaired) electrons. The number of hydrogen-bond donors (Lipinski definition) is 0. The van der Waals surface area contributed by atoms with Crippen LogP contribution in [0.15, 0.2) is 12.2 Å². The van der Waals surface area contributed by atoms with Crippen molar-refractivity contribution >= 4 is 0 Å². The van der Waals surface area contributed by atoms with Gasteiger partial charge in [0.2, 0.25) is 0 Å². The van der Waals surface area contributed by atoms with Crippen LogP contribution >= 0.6 is 0 Å². The largest absolute Gasteiger partial charge is 0.296 e. The van der Waals surface area contributed by atoms with Gasteiger partial charge >= 0.3 is 0 Å². The second-order valence-corrected chi connectivity index (χ2v) is 5.02. The molecule has 0 aromatic carbocycles. The number of likely N-dealkylation sites (N-methyl/N-ethyl adjacent to an activating group) is 1. The van der Waals surface area contributed by atoms with Gasteiger partial charge in [0.15, 0.2) is 0 Å². The zero-order valence-corrected chi connectivity index (χ0v) is 9.52. The minimum absolute atomic E-state index is 0.0635. The molecule has 0 aromatic rings. The molecule has 0 aromatic heterocycles. The van der Waals surface area contributed by atoms with E-state index in [4.69, 9.17) is 0 Å². The van der Waals surface area contributed by atoms with E-state index >= 15 is 0 Å². The first kappa shape index (κ1) is 11.1. The first-order valence-corrected chi connectivity index (χ1v) is 5.72. The van der Waals surface area contributed by atoms with Crippen LogP contribution in [0.3, 0.4) is 0 Å². The van der Waals surface area contributed by atoms with Crippen molar-refractivity contribution in [2.24, 2.45) is 5.41 Å². The second-order valence-electron chi connectivity index (χ2n) is 5.02. The molecule has 2 unspecified atom stereocenters. The summed E-state index contributed by atoms with van der Waals surface area (Å²) in [6.07, 6.45) is 1.62. The lowest BCUT2D eigenvalue weighted by Crippen LogP contribution is -2.49. The summed E-state index contributed by atoms with van der Waals surface area (Å²) in [5.74, 6) is -2.45. The van der Waals surface area contributed by atoms with Crippen molar-refractivity contribution in [1.29, 1.82) is 0 Å². The molecule has 1 heterocycles. The van der Waals surface area contributed by atoms with Crippen molar-refractivity contribution in [3.8, 4) is 0 Å². The molecule has 2 aliphatic rings. The lowest BCUT2D eigenvalue weighted by atomic mass is 9.82. The summed E-state index contributed by atoms with van der Waals surface area (Å²) in [7, 11) is 0. The third kappa shape index (κ3) is 1.43. The number of hydrogen-bond acceptors (Lipinski definition) is 1. The third-order valence-corrected chi connectivity index (χ3v) is 3.97. The van der Waals surface area contributed by atoms with Crippen LogP contribution < -0.4 is 0 Å². The van der Waals surface area contributed by atoms with E-state index in [-0.39, 0.29) is 12.5 Å². The minimum atomic E-state index is -2.45. The Morgan fingerprint density at radius 2 is 2.13 bits per heavy atom. The molecule has 0 bridgehead atoms. The van der Waals surface area contributed by atoms with Crippen LogP contribution in [-0.4, -0.2) is 30.0 Å². The van der Waals surface area contributed by atoms with Crippen molar-refractivity contribution in [1.82, 2.24) is 4.90 Å². The molecule has 3 heteroatoms. The number of halogens is 2. The van der Waals surface area contributed by atoms with Gasteiger partial charge in [0, 0.05) is 12.5 Å². The number of nitrogens with zero attached hydrogens (tertiary/aromatic N) is 1. The number of piperidine rings is 1. The zero-order valence-electron chi connectivity index (χ0n) is 9.52. The molecule has 0 N–H and O–H groups in total. The summed E-state index contributed by atoms with van der Waals surface area (Å²) >= 11 is 0. The summed E-state index contributed by atoms with van der Waals surface area (Å²) in [5, 5.41) is 0.